The number of amides is 2. The molecule has 1 aromatic heterocycles. The maximum Gasteiger partial charge on any atom is 0.252 e. The van der Waals surface area contributed by atoms with E-state index >= 15 is 0 Å². The minimum atomic E-state index is -0.700. The fourth-order valence-electron chi connectivity index (χ4n) is 1.63. The molecule has 0 aliphatic rings. The summed E-state index contributed by atoms with van der Waals surface area (Å²) in [7, 11) is 3.10. The predicted octanol–water partition coefficient (Wildman–Crippen LogP) is 0.334. The molecule has 0 bridgehead atoms. The van der Waals surface area contributed by atoms with Crippen molar-refractivity contribution in [2.24, 2.45) is 0 Å². The van der Waals surface area contributed by atoms with Crippen molar-refractivity contribution in [1.82, 2.24) is 10.2 Å². The monoisotopic (exact) mass is 300 g/mol. The average molecular weight is 300 g/mol. The van der Waals surface area contributed by atoms with Crippen LogP contribution in [0.15, 0.2) is 16.8 Å². The van der Waals surface area contributed by atoms with Crippen molar-refractivity contribution in [3.05, 3.63) is 22.4 Å². The number of thiophene rings is 1. The molecule has 0 spiro atoms. The van der Waals surface area contributed by atoms with Gasteiger partial charge in [-0.25, -0.2) is 0 Å². The number of nitrogens with zero attached hydrogens (tertiary/aromatic N) is 1. The van der Waals surface area contributed by atoms with E-state index in [1.54, 1.807) is 18.5 Å². The maximum absolute atomic E-state index is 11.8. The van der Waals surface area contributed by atoms with E-state index < -0.39 is 6.10 Å². The van der Waals surface area contributed by atoms with Gasteiger partial charge >= 0.3 is 0 Å². The number of likely N-dealkylation sites (N-methyl/N-ethyl adjacent to an activating group) is 1. The number of aliphatic hydroxyl groups excluding tert-OH is 1. The van der Waals surface area contributed by atoms with Crippen LogP contribution >= 0.6 is 11.3 Å². The number of hydrogen-bond donors (Lipinski definition) is 2. The molecule has 0 fully saturated rings. The van der Waals surface area contributed by atoms with Gasteiger partial charge in [0.25, 0.3) is 5.91 Å². The number of rotatable bonds is 8. The molecular weight excluding hydrogens is 280 g/mol. The van der Waals surface area contributed by atoms with Crippen LogP contribution in [-0.2, 0) is 9.53 Å². The highest BCUT2D eigenvalue weighted by atomic mass is 32.1. The molecule has 1 unspecified atom stereocenters. The van der Waals surface area contributed by atoms with E-state index in [4.69, 9.17) is 4.74 Å². The Bertz CT molecular complexity index is 422. The van der Waals surface area contributed by atoms with Gasteiger partial charge in [0.1, 0.15) is 0 Å². The zero-order chi connectivity index (χ0) is 15.0. The van der Waals surface area contributed by atoms with Crippen molar-refractivity contribution in [2.45, 2.75) is 12.5 Å². The Labute approximate surface area is 122 Å². The number of nitrogens with one attached hydrogen (secondary N) is 1. The average Bonchev–Trinajstić information content (AvgIpc) is 2.92. The molecule has 0 aliphatic heterocycles. The lowest BCUT2D eigenvalue weighted by molar-refractivity contribution is -0.131. The summed E-state index contributed by atoms with van der Waals surface area (Å²) in [6, 6.07) is 1.73. The third-order valence-electron chi connectivity index (χ3n) is 2.68. The Morgan fingerprint density at radius 3 is 2.90 bits per heavy atom. The Kier molecular flexibility index (Phi) is 7.21. The second-order valence-electron chi connectivity index (χ2n) is 4.40. The number of methoxy groups -OCH3 is 1. The Balaban J connectivity index is 2.24. The highest BCUT2D eigenvalue weighted by molar-refractivity contribution is 7.08. The lowest BCUT2D eigenvalue weighted by Gasteiger charge is -2.20. The summed E-state index contributed by atoms with van der Waals surface area (Å²) in [5.74, 6) is -0.313. The molecule has 1 heterocycles. The van der Waals surface area contributed by atoms with Gasteiger partial charge in [-0.15, -0.1) is 0 Å². The lowest BCUT2D eigenvalue weighted by atomic mass is 10.3. The van der Waals surface area contributed by atoms with Crippen LogP contribution in [0, 0.1) is 0 Å². The molecule has 20 heavy (non-hydrogen) atoms. The maximum atomic E-state index is 11.8. The Hall–Kier alpha value is -1.44. The van der Waals surface area contributed by atoms with Crippen LogP contribution in [0.1, 0.15) is 16.8 Å². The van der Waals surface area contributed by atoms with Gasteiger partial charge in [0, 0.05) is 44.6 Å². The van der Waals surface area contributed by atoms with Gasteiger partial charge in [-0.2, -0.15) is 11.3 Å². The van der Waals surface area contributed by atoms with Gasteiger partial charge in [-0.05, 0) is 11.4 Å². The summed E-state index contributed by atoms with van der Waals surface area (Å²) in [5, 5.41) is 15.8. The van der Waals surface area contributed by atoms with Gasteiger partial charge in [-0.3, -0.25) is 9.59 Å². The van der Waals surface area contributed by atoms with E-state index in [0.29, 0.717) is 5.56 Å². The van der Waals surface area contributed by atoms with E-state index in [9.17, 15) is 14.7 Å². The number of carbonyl (C=O) groups excluding carboxylic acids is 2. The molecule has 0 saturated heterocycles. The molecule has 0 aromatic carbocycles. The lowest BCUT2D eigenvalue weighted by Crippen LogP contribution is -2.38. The SMILES string of the molecule is COCC(O)CN(C)C(=O)CCNC(=O)c1ccsc1. The van der Waals surface area contributed by atoms with Crippen LogP contribution < -0.4 is 5.32 Å². The minimum Gasteiger partial charge on any atom is -0.389 e. The largest absolute Gasteiger partial charge is 0.389 e. The molecule has 0 saturated carbocycles. The number of hydrogen-bond acceptors (Lipinski definition) is 5. The normalized spacial score (nSPS) is 11.9. The smallest absolute Gasteiger partial charge is 0.252 e. The van der Waals surface area contributed by atoms with Crippen molar-refractivity contribution >= 4 is 23.2 Å². The fraction of sp³-hybridized carbons (Fsp3) is 0.538. The zero-order valence-electron chi connectivity index (χ0n) is 11.7. The first-order valence-corrected chi connectivity index (χ1v) is 7.20. The van der Waals surface area contributed by atoms with E-state index in [2.05, 4.69) is 5.32 Å². The molecule has 1 rings (SSSR count). The van der Waals surface area contributed by atoms with Crippen LogP contribution in [-0.4, -0.2) is 61.8 Å². The molecule has 1 atom stereocenters. The third kappa shape index (κ3) is 5.68. The van der Waals surface area contributed by atoms with Crippen molar-refractivity contribution in [2.75, 3.05) is 33.9 Å². The number of aliphatic hydroxyl groups is 1. The molecule has 2 amide bonds. The molecule has 0 aliphatic carbocycles. The first kappa shape index (κ1) is 16.6. The summed E-state index contributed by atoms with van der Waals surface area (Å²) in [4.78, 5) is 24.8. The van der Waals surface area contributed by atoms with Crippen molar-refractivity contribution in [1.29, 1.82) is 0 Å². The third-order valence-corrected chi connectivity index (χ3v) is 3.36. The summed E-state index contributed by atoms with van der Waals surface area (Å²) in [5.41, 5.74) is 0.603. The van der Waals surface area contributed by atoms with Crippen LogP contribution in [0.4, 0.5) is 0 Å². The highest BCUT2D eigenvalue weighted by Crippen LogP contribution is 2.05. The quantitative estimate of drug-likeness (QED) is 0.725. The van der Waals surface area contributed by atoms with Crippen LogP contribution in [0.25, 0.3) is 0 Å². The highest BCUT2D eigenvalue weighted by Gasteiger charge is 2.14. The van der Waals surface area contributed by atoms with Gasteiger partial charge in [0.2, 0.25) is 5.91 Å². The van der Waals surface area contributed by atoms with Crippen LogP contribution in [0.5, 0.6) is 0 Å². The first-order valence-electron chi connectivity index (χ1n) is 6.26. The van der Waals surface area contributed by atoms with Crippen molar-refractivity contribution in [3.63, 3.8) is 0 Å². The molecule has 1 aromatic rings. The van der Waals surface area contributed by atoms with Crippen molar-refractivity contribution < 1.29 is 19.4 Å². The predicted molar refractivity (Wildman–Crippen MR) is 76.8 cm³/mol. The molecule has 2 N–H and O–H groups in total. The van der Waals surface area contributed by atoms with E-state index in [0.717, 1.165) is 0 Å². The zero-order valence-corrected chi connectivity index (χ0v) is 12.5. The standard InChI is InChI=1S/C13H20N2O4S/c1-15(7-11(16)8-19-2)12(17)3-5-14-13(18)10-4-6-20-9-10/h4,6,9,11,16H,3,5,7-8H2,1-2H3,(H,14,18). The van der Waals surface area contributed by atoms with Gasteiger partial charge in [0.15, 0.2) is 0 Å². The molecule has 7 heteroatoms. The summed E-state index contributed by atoms with van der Waals surface area (Å²) in [6.07, 6.45) is -0.499. The number of ether oxygens (including phenoxy) is 1. The topological polar surface area (TPSA) is 78.9 Å². The molecule has 6 nitrogen and oxygen atoms in total. The van der Waals surface area contributed by atoms with Gasteiger partial charge < -0.3 is 20.1 Å². The van der Waals surface area contributed by atoms with Crippen molar-refractivity contribution in [3.8, 4) is 0 Å². The minimum absolute atomic E-state index is 0.134. The van der Waals surface area contributed by atoms with E-state index in [-0.39, 0.29) is 37.9 Å². The van der Waals surface area contributed by atoms with E-state index in [1.807, 2.05) is 5.38 Å². The molecular formula is C13H20N2O4S. The van der Waals surface area contributed by atoms with Crippen LogP contribution in [0.2, 0.25) is 0 Å². The van der Waals surface area contributed by atoms with Gasteiger partial charge in [0.05, 0.1) is 12.7 Å². The summed E-state index contributed by atoms with van der Waals surface area (Å²) < 4.78 is 4.79. The summed E-state index contributed by atoms with van der Waals surface area (Å²) in [6.45, 7) is 0.676. The van der Waals surface area contributed by atoms with Crippen LogP contribution in [0.3, 0.4) is 0 Å². The number of carbonyl (C=O) groups is 2. The summed E-state index contributed by atoms with van der Waals surface area (Å²) >= 11 is 1.45. The molecule has 112 valence electrons. The van der Waals surface area contributed by atoms with E-state index in [1.165, 1.54) is 23.3 Å². The second-order valence-corrected chi connectivity index (χ2v) is 5.18. The molecule has 0 radical (unpaired) electrons. The Morgan fingerprint density at radius 2 is 2.30 bits per heavy atom. The fourth-order valence-corrected chi connectivity index (χ4v) is 2.27. The first-order chi connectivity index (χ1) is 9.54. The van der Waals surface area contributed by atoms with Gasteiger partial charge in [-0.1, -0.05) is 0 Å². The Morgan fingerprint density at radius 1 is 1.55 bits per heavy atom. The second kappa shape index (κ2) is 8.68.